The molecule has 0 saturated carbocycles. The van der Waals surface area contributed by atoms with Gasteiger partial charge in [0.25, 0.3) is 5.91 Å². The Morgan fingerprint density at radius 2 is 2.46 bits per heavy atom. The van der Waals surface area contributed by atoms with Gasteiger partial charge in [-0.2, -0.15) is 4.37 Å². The second-order valence-corrected chi connectivity index (χ2v) is 3.23. The van der Waals surface area contributed by atoms with Crippen molar-refractivity contribution in [2.75, 3.05) is 13.2 Å². The van der Waals surface area contributed by atoms with Crippen molar-refractivity contribution in [3.05, 3.63) is 10.8 Å². The summed E-state index contributed by atoms with van der Waals surface area (Å²) in [6, 6.07) is 0. The molecule has 0 atom stereocenters. The Kier molecular flexibility index (Phi) is 3.78. The maximum absolute atomic E-state index is 11.2. The van der Waals surface area contributed by atoms with Crippen LogP contribution in [0.25, 0.3) is 0 Å². The first-order chi connectivity index (χ1) is 6.24. The van der Waals surface area contributed by atoms with Gasteiger partial charge in [0.1, 0.15) is 5.82 Å². The van der Waals surface area contributed by atoms with E-state index < -0.39 is 0 Å². The van der Waals surface area contributed by atoms with Crippen LogP contribution >= 0.6 is 11.5 Å². The average Bonchev–Trinajstić information content (AvgIpc) is 2.52. The first-order valence-corrected chi connectivity index (χ1v) is 4.70. The van der Waals surface area contributed by atoms with Gasteiger partial charge in [0.2, 0.25) is 5.01 Å². The van der Waals surface area contributed by atoms with Crippen LogP contribution in [0.5, 0.6) is 0 Å². The summed E-state index contributed by atoms with van der Waals surface area (Å²) in [6.07, 6.45) is 0.559. The lowest BCUT2D eigenvalue weighted by molar-refractivity contribution is 0.0950. The van der Waals surface area contributed by atoms with Crippen LogP contribution in [0.2, 0.25) is 0 Å². The molecule has 1 aromatic heterocycles. The topological polar surface area (TPSA) is 75.1 Å². The maximum atomic E-state index is 11.2. The molecule has 1 aromatic rings. The number of carbonyl (C=O) groups is 1. The van der Waals surface area contributed by atoms with Crippen molar-refractivity contribution in [1.82, 2.24) is 14.7 Å². The Balaban J connectivity index is 2.40. The molecule has 0 aromatic carbocycles. The van der Waals surface area contributed by atoms with E-state index in [1.807, 2.05) is 0 Å². The standard InChI is InChI=1S/C7H11N3O2S/c1-5-9-7(13-10-5)6(12)8-3-2-4-11/h11H,2-4H2,1H3,(H,8,12). The van der Waals surface area contributed by atoms with Crippen molar-refractivity contribution in [2.24, 2.45) is 0 Å². The highest BCUT2D eigenvalue weighted by atomic mass is 32.1. The van der Waals surface area contributed by atoms with Crippen molar-refractivity contribution in [1.29, 1.82) is 0 Å². The van der Waals surface area contributed by atoms with Crippen LogP contribution in [0.4, 0.5) is 0 Å². The number of aryl methyl sites for hydroxylation is 1. The summed E-state index contributed by atoms with van der Waals surface area (Å²) >= 11 is 1.08. The molecule has 1 amide bonds. The largest absolute Gasteiger partial charge is 0.396 e. The van der Waals surface area contributed by atoms with Gasteiger partial charge in [-0.15, -0.1) is 0 Å². The average molecular weight is 201 g/mol. The monoisotopic (exact) mass is 201 g/mol. The maximum Gasteiger partial charge on any atom is 0.281 e. The van der Waals surface area contributed by atoms with Crippen LogP contribution in [0, 0.1) is 6.92 Å². The first-order valence-electron chi connectivity index (χ1n) is 3.93. The smallest absolute Gasteiger partial charge is 0.281 e. The van der Waals surface area contributed by atoms with E-state index in [0.29, 0.717) is 23.8 Å². The Morgan fingerprint density at radius 1 is 1.69 bits per heavy atom. The van der Waals surface area contributed by atoms with Crippen LogP contribution in [-0.2, 0) is 0 Å². The molecule has 1 rings (SSSR count). The number of nitrogens with zero attached hydrogens (tertiary/aromatic N) is 2. The molecule has 0 radical (unpaired) electrons. The van der Waals surface area contributed by atoms with E-state index in [2.05, 4.69) is 14.7 Å². The zero-order chi connectivity index (χ0) is 9.68. The van der Waals surface area contributed by atoms with Gasteiger partial charge in [0.05, 0.1) is 0 Å². The minimum Gasteiger partial charge on any atom is -0.396 e. The van der Waals surface area contributed by atoms with Crippen LogP contribution in [-0.4, -0.2) is 33.5 Å². The molecule has 0 aliphatic rings. The zero-order valence-corrected chi connectivity index (χ0v) is 8.10. The molecule has 72 valence electrons. The highest BCUT2D eigenvalue weighted by molar-refractivity contribution is 7.07. The second-order valence-electron chi connectivity index (χ2n) is 2.48. The molecule has 13 heavy (non-hydrogen) atoms. The molecule has 0 unspecified atom stereocenters. The molecular formula is C7H11N3O2S. The molecule has 5 nitrogen and oxygen atoms in total. The van der Waals surface area contributed by atoms with Gasteiger partial charge in [0.15, 0.2) is 0 Å². The molecule has 0 saturated heterocycles. The lowest BCUT2D eigenvalue weighted by Gasteiger charge is -1.98. The van der Waals surface area contributed by atoms with Crippen LogP contribution in [0.3, 0.4) is 0 Å². The molecule has 0 aliphatic heterocycles. The summed E-state index contributed by atoms with van der Waals surface area (Å²) in [6.45, 7) is 2.28. The number of amides is 1. The normalized spacial score (nSPS) is 10.0. The summed E-state index contributed by atoms with van der Waals surface area (Å²) in [5, 5.41) is 11.5. The van der Waals surface area contributed by atoms with Gasteiger partial charge in [0, 0.05) is 13.2 Å². The van der Waals surface area contributed by atoms with Gasteiger partial charge in [-0.25, -0.2) is 4.98 Å². The molecule has 6 heteroatoms. The SMILES string of the molecule is Cc1nsc(C(=O)NCCCO)n1. The first kappa shape index (κ1) is 10.1. The van der Waals surface area contributed by atoms with Crippen molar-refractivity contribution in [2.45, 2.75) is 13.3 Å². The summed E-state index contributed by atoms with van der Waals surface area (Å²) < 4.78 is 3.89. The Morgan fingerprint density at radius 3 is 3.00 bits per heavy atom. The van der Waals surface area contributed by atoms with Gasteiger partial charge in [-0.05, 0) is 24.9 Å². The highest BCUT2D eigenvalue weighted by Crippen LogP contribution is 2.02. The van der Waals surface area contributed by atoms with Crippen LogP contribution in [0.1, 0.15) is 22.0 Å². The van der Waals surface area contributed by atoms with E-state index in [9.17, 15) is 4.79 Å². The Bertz CT molecular complexity index is 287. The summed E-state index contributed by atoms with van der Waals surface area (Å²) in [4.78, 5) is 15.2. The minimum absolute atomic E-state index is 0.0788. The number of aliphatic hydroxyl groups is 1. The van der Waals surface area contributed by atoms with E-state index in [1.54, 1.807) is 6.92 Å². The van der Waals surface area contributed by atoms with E-state index in [1.165, 1.54) is 0 Å². The zero-order valence-electron chi connectivity index (χ0n) is 7.28. The minimum atomic E-state index is -0.223. The van der Waals surface area contributed by atoms with E-state index in [4.69, 9.17) is 5.11 Å². The Labute approximate surface area is 80.0 Å². The third-order valence-corrected chi connectivity index (χ3v) is 2.15. The van der Waals surface area contributed by atoms with Gasteiger partial charge >= 0.3 is 0 Å². The summed E-state index contributed by atoms with van der Waals surface area (Å²) in [5.74, 6) is 0.386. The highest BCUT2D eigenvalue weighted by Gasteiger charge is 2.09. The number of carbonyl (C=O) groups excluding carboxylic acids is 1. The van der Waals surface area contributed by atoms with E-state index >= 15 is 0 Å². The number of aliphatic hydroxyl groups excluding tert-OH is 1. The fourth-order valence-corrected chi connectivity index (χ4v) is 1.33. The molecule has 0 aliphatic carbocycles. The third-order valence-electron chi connectivity index (χ3n) is 1.34. The Hall–Kier alpha value is -1.01. The molecule has 0 fully saturated rings. The predicted molar refractivity (Wildman–Crippen MR) is 48.7 cm³/mol. The van der Waals surface area contributed by atoms with Crippen molar-refractivity contribution < 1.29 is 9.90 Å². The summed E-state index contributed by atoms with van der Waals surface area (Å²) in [7, 11) is 0. The molecule has 0 bridgehead atoms. The quantitative estimate of drug-likeness (QED) is 0.670. The molecule has 1 heterocycles. The number of hydrogen-bond donors (Lipinski definition) is 2. The fraction of sp³-hybridized carbons (Fsp3) is 0.571. The number of rotatable bonds is 4. The second kappa shape index (κ2) is 4.88. The summed E-state index contributed by atoms with van der Waals surface area (Å²) in [5.41, 5.74) is 0. The van der Waals surface area contributed by atoms with Crippen LogP contribution < -0.4 is 5.32 Å². The molecule has 0 spiro atoms. The third kappa shape index (κ3) is 3.08. The predicted octanol–water partition coefficient (Wildman–Crippen LogP) is -0.0413. The molecular weight excluding hydrogens is 190 g/mol. The fourth-order valence-electron chi connectivity index (χ4n) is 0.746. The van der Waals surface area contributed by atoms with E-state index in [-0.39, 0.29) is 12.5 Å². The lowest BCUT2D eigenvalue weighted by Crippen LogP contribution is -2.24. The van der Waals surface area contributed by atoms with Gasteiger partial charge in [-0.1, -0.05) is 0 Å². The molecule has 2 N–H and O–H groups in total. The lowest BCUT2D eigenvalue weighted by atomic mass is 10.4. The van der Waals surface area contributed by atoms with Crippen molar-refractivity contribution in [3.63, 3.8) is 0 Å². The number of aromatic nitrogens is 2. The van der Waals surface area contributed by atoms with Crippen molar-refractivity contribution >= 4 is 17.4 Å². The van der Waals surface area contributed by atoms with Gasteiger partial charge in [-0.3, -0.25) is 4.79 Å². The van der Waals surface area contributed by atoms with Gasteiger partial charge < -0.3 is 10.4 Å². The van der Waals surface area contributed by atoms with Crippen LogP contribution in [0.15, 0.2) is 0 Å². The van der Waals surface area contributed by atoms with Crippen molar-refractivity contribution in [3.8, 4) is 0 Å². The number of nitrogens with one attached hydrogen (secondary N) is 1. The van der Waals surface area contributed by atoms with E-state index in [0.717, 1.165) is 11.5 Å². The number of hydrogen-bond acceptors (Lipinski definition) is 5.